The van der Waals surface area contributed by atoms with Crippen molar-refractivity contribution in [1.29, 1.82) is 0 Å². The normalized spacial score (nSPS) is 15.1. The molecule has 3 aromatic carbocycles. The number of fused-ring (bicyclic) bond motifs is 1. The lowest BCUT2D eigenvalue weighted by atomic mass is 10.1. The maximum atomic E-state index is 13.5. The zero-order chi connectivity index (χ0) is 25.8. The molecule has 188 valence electrons. The Kier molecular flexibility index (Phi) is 7.74. The highest BCUT2D eigenvalue weighted by molar-refractivity contribution is 7.99. The number of anilines is 2. The van der Waals surface area contributed by atoms with Crippen LogP contribution in [0.3, 0.4) is 0 Å². The Bertz CT molecular complexity index is 1270. The van der Waals surface area contributed by atoms with Crippen LogP contribution in [0, 0.1) is 13.8 Å². The molecule has 8 heteroatoms. The van der Waals surface area contributed by atoms with E-state index in [-0.39, 0.29) is 30.0 Å². The molecule has 0 fully saturated rings. The minimum atomic E-state index is -0.247. The van der Waals surface area contributed by atoms with Gasteiger partial charge >= 0.3 is 0 Å². The SMILES string of the molecule is COc1cc(C2CC(=O)N(CC(=O)Nc3cccc(C)c3C)c3ccccc3S2)cc(OC)c1OC. The minimum absolute atomic E-state index is 0.0776. The first-order valence-corrected chi connectivity index (χ1v) is 12.5. The van der Waals surface area contributed by atoms with Crippen molar-refractivity contribution in [3.63, 3.8) is 0 Å². The van der Waals surface area contributed by atoms with Crippen molar-refractivity contribution in [2.24, 2.45) is 0 Å². The number of aryl methyl sites for hydroxylation is 1. The van der Waals surface area contributed by atoms with E-state index >= 15 is 0 Å². The van der Waals surface area contributed by atoms with Gasteiger partial charge in [-0.15, -0.1) is 11.8 Å². The van der Waals surface area contributed by atoms with Crippen molar-refractivity contribution in [1.82, 2.24) is 0 Å². The van der Waals surface area contributed by atoms with Crippen LogP contribution in [0.25, 0.3) is 0 Å². The highest BCUT2D eigenvalue weighted by Gasteiger charge is 2.31. The van der Waals surface area contributed by atoms with Crippen LogP contribution < -0.4 is 24.4 Å². The summed E-state index contributed by atoms with van der Waals surface area (Å²) < 4.78 is 16.5. The number of ether oxygens (including phenoxy) is 3. The molecule has 4 rings (SSSR count). The van der Waals surface area contributed by atoms with Gasteiger partial charge in [-0.1, -0.05) is 24.3 Å². The second-order valence-electron chi connectivity index (χ2n) is 8.51. The fourth-order valence-electron chi connectivity index (χ4n) is 4.24. The summed E-state index contributed by atoms with van der Waals surface area (Å²) in [5.41, 5.74) is 4.44. The topological polar surface area (TPSA) is 77.1 Å². The van der Waals surface area contributed by atoms with Crippen LogP contribution in [-0.2, 0) is 9.59 Å². The van der Waals surface area contributed by atoms with Crippen molar-refractivity contribution in [2.75, 3.05) is 38.1 Å². The van der Waals surface area contributed by atoms with Crippen LogP contribution in [0.15, 0.2) is 59.5 Å². The molecule has 0 aliphatic carbocycles. The third-order valence-corrected chi connectivity index (χ3v) is 7.65. The van der Waals surface area contributed by atoms with Gasteiger partial charge in [0.25, 0.3) is 0 Å². The fraction of sp³-hybridized carbons (Fsp3) is 0.286. The number of hydrogen-bond acceptors (Lipinski definition) is 6. The number of benzene rings is 3. The summed E-state index contributed by atoms with van der Waals surface area (Å²) in [5, 5.41) is 2.76. The quantitative estimate of drug-likeness (QED) is 0.454. The molecule has 1 unspecified atom stereocenters. The number of nitrogens with one attached hydrogen (secondary N) is 1. The lowest BCUT2D eigenvalue weighted by Crippen LogP contribution is -2.38. The second-order valence-corrected chi connectivity index (χ2v) is 9.76. The Hall–Kier alpha value is -3.65. The summed E-state index contributed by atoms with van der Waals surface area (Å²) in [5.74, 6) is 1.17. The lowest BCUT2D eigenvalue weighted by molar-refractivity contribution is -0.121. The van der Waals surface area contributed by atoms with Gasteiger partial charge in [-0.3, -0.25) is 9.59 Å². The van der Waals surface area contributed by atoms with Crippen LogP contribution >= 0.6 is 11.8 Å². The van der Waals surface area contributed by atoms with E-state index in [0.29, 0.717) is 17.2 Å². The summed E-state index contributed by atoms with van der Waals surface area (Å²) in [6.07, 6.45) is 0.203. The third-order valence-electron chi connectivity index (χ3n) is 6.33. The Morgan fingerprint density at radius 1 is 1.00 bits per heavy atom. The molecule has 0 aromatic heterocycles. The Morgan fingerprint density at radius 3 is 2.36 bits per heavy atom. The minimum Gasteiger partial charge on any atom is -0.493 e. The van der Waals surface area contributed by atoms with Crippen molar-refractivity contribution < 1.29 is 23.8 Å². The Morgan fingerprint density at radius 2 is 1.69 bits per heavy atom. The Balaban J connectivity index is 1.64. The first kappa shape index (κ1) is 25.4. The molecule has 0 bridgehead atoms. The first-order chi connectivity index (χ1) is 17.4. The predicted octanol–water partition coefficient (Wildman–Crippen LogP) is 5.54. The van der Waals surface area contributed by atoms with Gasteiger partial charge in [0.15, 0.2) is 11.5 Å². The van der Waals surface area contributed by atoms with Crippen LogP contribution in [0.5, 0.6) is 17.2 Å². The molecule has 1 atom stereocenters. The summed E-state index contributed by atoms with van der Waals surface area (Å²) in [6.45, 7) is 3.89. The van der Waals surface area contributed by atoms with Gasteiger partial charge in [0, 0.05) is 22.3 Å². The molecule has 3 aromatic rings. The van der Waals surface area contributed by atoms with E-state index in [2.05, 4.69) is 5.32 Å². The molecule has 1 aliphatic rings. The molecular formula is C28H30N2O5S. The highest BCUT2D eigenvalue weighted by Crippen LogP contribution is 2.49. The summed E-state index contributed by atoms with van der Waals surface area (Å²) in [7, 11) is 4.69. The van der Waals surface area contributed by atoms with Crippen molar-refractivity contribution >= 4 is 35.0 Å². The zero-order valence-corrected chi connectivity index (χ0v) is 21.9. The highest BCUT2D eigenvalue weighted by atomic mass is 32.2. The lowest BCUT2D eigenvalue weighted by Gasteiger charge is -2.22. The number of rotatable bonds is 7. The molecular weight excluding hydrogens is 476 g/mol. The van der Waals surface area contributed by atoms with Gasteiger partial charge in [-0.05, 0) is 60.9 Å². The number of carbonyl (C=O) groups is 2. The summed E-state index contributed by atoms with van der Waals surface area (Å²) in [4.78, 5) is 29.1. The van der Waals surface area contributed by atoms with Crippen molar-refractivity contribution in [3.05, 3.63) is 71.3 Å². The third kappa shape index (κ3) is 5.14. The number of carbonyl (C=O) groups excluding carboxylic acids is 2. The van der Waals surface area contributed by atoms with Crippen LogP contribution in [0.4, 0.5) is 11.4 Å². The van der Waals surface area contributed by atoms with Gasteiger partial charge in [0.1, 0.15) is 6.54 Å². The van der Waals surface area contributed by atoms with Crippen LogP contribution in [-0.4, -0.2) is 39.7 Å². The monoisotopic (exact) mass is 506 g/mol. The summed E-state index contributed by atoms with van der Waals surface area (Å²) in [6, 6.07) is 17.2. The maximum Gasteiger partial charge on any atom is 0.244 e. The molecule has 1 aliphatic heterocycles. The van der Waals surface area contributed by atoms with Crippen LogP contribution in [0.2, 0.25) is 0 Å². The smallest absolute Gasteiger partial charge is 0.244 e. The molecule has 36 heavy (non-hydrogen) atoms. The van der Waals surface area contributed by atoms with E-state index < -0.39 is 0 Å². The van der Waals surface area contributed by atoms with Gasteiger partial charge in [-0.2, -0.15) is 0 Å². The number of amides is 2. The largest absolute Gasteiger partial charge is 0.493 e. The fourth-order valence-corrected chi connectivity index (χ4v) is 5.50. The predicted molar refractivity (Wildman–Crippen MR) is 143 cm³/mol. The number of nitrogens with zero attached hydrogens (tertiary/aromatic N) is 1. The van der Waals surface area contributed by atoms with Gasteiger partial charge in [0.2, 0.25) is 17.6 Å². The van der Waals surface area contributed by atoms with E-state index in [9.17, 15) is 9.59 Å². The number of hydrogen-bond donors (Lipinski definition) is 1. The maximum absolute atomic E-state index is 13.5. The zero-order valence-electron chi connectivity index (χ0n) is 21.1. The number of methoxy groups -OCH3 is 3. The molecule has 2 amide bonds. The van der Waals surface area contributed by atoms with Gasteiger partial charge in [0.05, 0.1) is 27.0 Å². The van der Waals surface area contributed by atoms with Crippen molar-refractivity contribution in [3.8, 4) is 17.2 Å². The van der Waals surface area contributed by atoms with E-state index in [0.717, 1.165) is 33.0 Å². The average molecular weight is 507 g/mol. The second kappa shape index (κ2) is 11.0. The molecule has 0 saturated carbocycles. The van der Waals surface area contributed by atoms with E-state index in [1.165, 1.54) is 0 Å². The number of thioether (sulfide) groups is 1. The molecule has 0 radical (unpaired) electrons. The van der Waals surface area contributed by atoms with Gasteiger partial charge in [-0.25, -0.2) is 0 Å². The molecule has 7 nitrogen and oxygen atoms in total. The standard InChI is InChI=1S/C28H30N2O5S/c1-17-9-8-10-20(18(17)2)29-26(31)16-30-21-11-6-7-12-24(21)36-25(15-27(30)32)19-13-22(33-3)28(35-5)23(14-19)34-4/h6-14,25H,15-16H2,1-5H3,(H,29,31). The number of para-hydroxylation sites is 1. The summed E-state index contributed by atoms with van der Waals surface area (Å²) >= 11 is 1.58. The first-order valence-electron chi connectivity index (χ1n) is 11.6. The van der Waals surface area contributed by atoms with E-state index in [1.54, 1.807) is 38.0 Å². The molecule has 0 spiro atoms. The van der Waals surface area contributed by atoms with Gasteiger partial charge < -0.3 is 24.4 Å². The van der Waals surface area contributed by atoms with Crippen molar-refractivity contribution in [2.45, 2.75) is 30.4 Å². The average Bonchev–Trinajstić information content (AvgIpc) is 3.02. The van der Waals surface area contributed by atoms with E-state index in [1.807, 2.05) is 68.4 Å². The van der Waals surface area contributed by atoms with E-state index in [4.69, 9.17) is 14.2 Å². The van der Waals surface area contributed by atoms with Crippen LogP contribution in [0.1, 0.15) is 28.4 Å². The molecule has 1 heterocycles. The molecule has 1 N–H and O–H groups in total. The molecule has 0 saturated heterocycles. The Labute approximate surface area is 215 Å².